The van der Waals surface area contributed by atoms with Gasteiger partial charge in [0.15, 0.2) is 11.5 Å². The number of hydrogen-bond donors (Lipinski definition) is 1. The summed E-state index contributed by atoms with van der Waals surface area (Å²) in [5.74, 6) is 1.36. The molecular weight excluding hydrogens is 142 g/mol. The lowest BCUT2D eigenvalue weighted by Crippen LogP contribution is -1.96. The topological polar surface area (TPSA) is 44.5 Å². The highest BCUT2D eigenvalue weighted by Crippen LogP contribution is 2.31. The molecule has 0 unspecified atom stereocenters. The van der Waals surface area contributed by atoms with Crippen molar-refractivity contribution in [1.29, 1.82) is 0 Å². The highest BCUT2D eigenvalue weighted by molar-refractivity contribution is 5.52. The van der Waals surface area contributed by atoms with Crippen LogP contribution in [0.4, 0.5) is 5.69 Å². The molecule has 56 valence electrons. The molecule has 0 spiro atoms. The standard InChI is InChI=1S/C8H7NO2/c9-6-1-2-7-8(5-6)11-4-3-10-7/h1-5H,9H2. The van der Waals surface area contributed by atoms with Crippen LogP contribution in [0.1, 0.15) is 0 Å². The van der Waals surface area contributed by atoms with E-state index >= 15 is 0 Å². The summed E-state index contributed by atoms with van der Waals surface area (Å²) in [5.41, 5.74) is 6.19. The third-order valence-corrected chi connectivity index (χ3v) is 1.41. The number of ether oxygens (including phenoxy) is 2. The highest BCUT2D eigenvalue weighted by atomic mass is 16.5. The van der Waals surface area contributed by atoms with Crippen molar-refractivity contribution in [3.8, 4) is 11.5 Å². The quantitative estimate of drug-likeness (QED) is 0.568. The zero-order valence-electron chi connectivity index (χ0n) is 5.78. The van der Waals surface area contributed by atoms with E-state index in [1.165, 1.54) is 12.5 Å². The van der Waals surface area contributed by atoms with E-state index in [1.807, 2.05) is 0 Å². The normalized spacial score (nSPS) is 13.1. The van der Waals surface area contributed by atoms with Crippen LogP contribution in [-0.4, -0.2) is 0 Å². The minimum Gasteiger partial charge on any atom is -0.458 e. The zero-order chi connectivity index (χ0) is 7.68. The van der Waals surface area contributed by atoms with Crippen LogP contribution < -0.4 is 15.2 Å². The van der Waals surface area contributed by atoms with Gasteiger partial charge in [-0.05, 0) is 12.1 Å². The van der Waals surface area contributed by atoms with E-state index in [1.54, 1.807) is 18.2 Å². The van der Waals surface area contributed by atoms with Gasteiger partial charge in [-0.2, -0.15) is 0 Å². The molecule has 0 saturated carbocycles. The molecule has 0 aromatic heterocycles. The molecule has 3 nitrogen and oxygen atoms in total. The molecule has 0 radical (unpaired) electrons. The van der Waals surface area contributed by atoms with E-state index in [9.17, 15) is 0 Å². The Labute approximate surface area is 64.0 Å². The Morgan fingerprint density at radius 2 is 1.73 bits per heavy atom. The van der Waals surface area contributed by atoms with Crippen LogP contribution in [0, 0.1) is 0 Å². The second kappa shape index (κ2) is 2.20. The van der Waals surface area contributed by atoms with Crippen molar-refractivity contribution in [1.82, 2.24) is 0 Å². The van der Waals surface area contributed by atoms with Gasteiger partial charge < -0.3 is 15.2 Å². The van der Waals surface area contributed by atoms with Gasteiger partial charge in [0.25, 0.3) is 0 Å². The van der Waals surface area contributed by atoms with Gasteiger partial charge in [-0.1, -0.05) is 0 Å². The fourth-order valence-electron chi connectivity index (χ4n) is 0.916. The monoisotopic (exact) mass is 149 g/mol. The van der Waals surface area contributed by atoms with Gasteiger partial charge in [0.2, 0.25) is 0 Å². The molecular formula is C8H7NO2. The summed E-state index contributed by atoms with van der Waals surface area (Å²) in [6.07, 6.45) is 2.96. The fraction of sp³-hybridized carbons (Fsp3) is 0. The predicted octanol–water partition coefficient (Wildman–Crippen LogP) is 1.51. The lowest BCUT2D eigenvalue weighted by molar-refractivity contribution is 0.362. The van der Waals surface area contributed by atoms with Gasteiger partial charge in [-0.25, -0.2) is 0 Å². The van der Waals surface area contributed by atoms with E-state index in [2.05, 4.69) is 0 Å². The SMILES string of the molecule is Nc1ccc2c(c1)OC=CO2. The number of nitrogen functional groups attached to an aromatic ring is 1. The molecule has 0 amide bonds. The van der Waals surface area contributed by atoms with Gasteiger partial charge in [0, 0.05) is 11.8 Å². The molecule has 1 aliphatic heterocycles. The van der Waals surface area contributed by atoms with Crippen molar-refractivity contribution >= 4 is 5.69 Å². The average molecular weight is 149 g/mol. The first-order valence-corrected chi connectivity index (χ1v) is 3.24. The first-order valence-electron chi connectivity index (χ1n) is 3.24. The summed E-state index contributed by atoms with van der Waals surface area (Å²) in [6, 6.07) is 5.26. The molecule has 0 bridgehead atoms. The molecule has 1 aromatic rings. The van der Waals surface area contributed by atoms with Crippen LogP contribution >= 0.6 is 0 Å². The largest absolute Gasteiger partial charge is 0.458 e. The third-order valence-electron chi connectivity index (χ3n) is 1.41. The second-order valence-electron chi connectivity index (χ2n) is 2.21. The third kappa shape index (κ3) is 1.00. The minimum atomic E-state index is 0.660. The Morgan fingerprint density at radius 1 is 1.00 bits per heavy atom. The Hall–Kier alpha value is -1.64. The Bertz CT molecular complexity index is 307. The lowest BCUT2D eigenvalue weighted by atomic mass is 10.3. The molecule has 0 atom stereocenters. The summed E-state index contributed by atoms with van der Waals surface area (Å²) >= 11 is 0. The Kier molecular flexibility index (Phi) is 1.22. The van der Waals surface area contributed by atoms with Crippen molar-refractivity contribution in [2.45, 2.75) is 0 Å². The van der Waals surface area contributed by atoms with E-state index in [0.717, 1.165) is 0 Å². The average Bonchev–Trinajstić information content (AvgIpc) is 2.04. The summed E-state index contributed by atoms with van der Waals surface area (Å²) in [6.45, 7) is 0. The van der Waals surface area contributed by atoms with Gasteiger partial charge in [0.1, 0.15) is 12.5 Å². The summed E-state index contributed by atoms with van der Waals surface area (Å²) in [7, 11) is 0. The summed E-state index contributed by atoms with van der Waals surface area (Å²) in [5, 5.41) is 0. The van der Waals surface area contributed by atoms with E-state index < -0.39 is 0 Å². The predicted molar refractivity (Wildman–Crippen MR) is 41.3 cm³/mol. The Balaban J connectivity index is 2.48. The maximum Gasteiger partial charge on any atom is 0.171 e. The molecule has 2 N–H and O–H groups in total. The van der Waals surface area contributed by atoms with Gasteiger partial charge in [0.05, 0.1) is 0 Å². The minimum absolute atomic E-state index is 0.660. The van der Waals surface area contributed by atoms with Crippen LogP contribution in [0.25, 0.3) is 0 Å². The van der Waals surface area contributed by atoms with E-state index in [0.29, 0.717) is 17.2 Å². The van der Waals surface area contributed by atoms with Crippen molar-refractivity contribution in [3.63, 3.8) is 0 Å². The molecule has 2 rings (SSSR count). The summed E-state index contributed by atoms with van der Waals surface area (Å²) < 4.78 is 10.2. The Morgan fingerprint density at radius 3 is 2.55 bits per heavy atom. The van der Waals surface area contributed by atoms with Gasteiger partial charge in [-0.3, -0.25) is 0 Å². The number of fused-ring (bicyclic) bond motifs is 1. The number of rotatable bonds is 0. The molecule has 1 aliphatic rings. The van der Waals surface area contributed by atoms with E-state index in [4.69, 9.17) is 15.2 Å². The van der Waals surface area contributed by atoms with Crippen molar-refractivity contribution in [2.75, 3.05) is 5.73 Å². The molecule has 3 heteroatoms. The zero-order valence-corrected chi connectivity index (χ0v) is 5.78. The molecule has 1 heterocycles. The van der Waals surface area contributed by atoms with Gasteiger partial charge >= 0.3 is 0 Å². The first kappa shape index (κ1) is 6.09. The number of hydrogen-bond acceptors (Lipinski definition) is 3. The second-order valence-corrected chi connectivity index (χ2v) is 2.21. The highest BCUT2D eigenvalue weighted by Gasteiger charge is 2.06. The summed E-state index contributed by atoms with van der Waals surface area (Å²) in [4.78, 5) is 0. The maximum atomic E-state index is 5.52. The first-order chi connectivity index (χ1) is 5.36. The van der Waals surface area contributed by atoms with E-state index in [-0.39, 0.29) is 0 Å². The smallest absolute Gasteiger partial charge is 0.171 e. The van der Waals surface area contributed by atoms with Gasteiger partial charge in [-0.15, -0.1) is 0 Å². The van der Waals surface area contributed by atoms with Crippen LogP contribution in [0.3, 0.4) is 0 Å². The molecule has 0 saturated heterocycles. The number of nitrogens with two attached hydrogens (primary N) is 1. The number of benzene rings is 1. The fourth-order valence-corrected chi connectivity index (χ4v) is 0.916. The van der Waals surface area contributed by atoms with Crippen molar-refractivity contribution in [2.24, 2.45) is 0 Å². The molecule has 1 aromatic carbocycles. The lowest BCUT2D eigenvalue weighted by Gasteiger charge is -2.11. The molecule has 0 aliphatic carbocycles. The van der Waals surface area contributed by atoms with Crippen LogP contribution in [0.5, 0.6) is 11.5 Å². The van der Waals surface area contributed by atoms with Crippen LogP contribution in [0.15, 0.2) is 30.7 Å². The number of anilines is 1. The molecule has 11 heavy (non-hydrogen) atoms. The molecule has 0 fully saturated rings. The maximum absolute atomic E-state index is 5.52. The van der Waals surface area contributed by atoms with Crippen LogP contribution in [0.2, 0.25) is 0 Å². The van der Waals surface area contributed by atoms with Crippen LogP contribution in [-0.2, 0) is 0 Å². The van der Waals surface area contributed by atoms with Crippen molar-refractivity contribution in [3.05, 3.63) is 30.7 Å². The van der Waals surface area contributed by atoms with Crippen molar-refractivity contribution < 1.29 is 9.47 Å².